The lowest BCUT2D eigenvalue weighted by Crippen LogP contribution is -2.38. The Morgan fingerprint density at radius 3 is 2.81 bits per heavy atom. The fourth-order valence-electron chi connectivity index (χ4n) is 2.02. The van der Waals surface area contributed by atoms with Gasteiger partial charge in [-0.25, -0.2) is 0 Å². The van der Waals surface area contributed by atoms with Crippen LogP contribution in [0.2, 0.25) is 0 Å². The summed E-state index contributed by atoms with van der Waals surface area (Å²) in [4.78, 5) is 4.57. The molecule has 1 atom stereocenters. The summed E-state index contributed by atoms with van der Waals surface area (Å²) in [5.74, 6) is 1.49. The summed E-state index contributed by atoms with van der Waals surface area (Å²) in [7, 11) is 0. The lowest BCUT2D eigenvalue weighted by Gasteiger charge is -2.13. The number of aliphatic imine (C=N–C) groups is 1. The van der Waals surface area contributed by atoms with E-state index in [1.807, 2.05) is 0 Å². The van der Waals surface area contributed by atoms with Gasteiger partial charge >= 0.3 is 0 Å². The predicted octanol–water partition coefficient (Wildman–Crippen LogP) is 2.40. The van der Waals surface area contributed by atoms with E-state index in [2.05, 4.69) is 36.4 Å². The van der Waals surface area contributed by atoms with Gasteiger partial charge in [0, 0.05) is 32.9 Å². The normalized spacial score (nSPS) is 18.7. The van der Waals surface area contributed by atoms with Gasteiger partial charge < -0.3 is 20.1 Å². The first-order valence-electron chi connectivity index (χ1n) is 7.94. The van der Waals surface area contributed by atoms with Crippen molar-refractivity contribution in [2.45, 2.75) is 46.1 Å². The van der Waals surface area contributed by atoms with Crippen molar-refractivity contribution in [2.24, 2.45) is 10.9 Å². The zero-order valence-corrected chi connectivity index (χ0v) is 16.0. The smallest absolute Gasteiger partial charge is 0.191 e. The maximum atomic E-state index is 5.58. The first-order valence-corrected chi connectivity index (χ1v) is 7.94. The van der Waals surface area contributed by atoms with Crippen molar-refractivity contribution in [2.75, 3.05) is 39.5 Å². The highest BCUT2D eigenvalue weighted by molar-refractivity contribution is 14.0. The monoisotopic (exact) mass is 413 g/mol. The van der Waals surface area contributed by atoms with Gasteiger partial charge in [0.25, 0.3) is 0 Å². The van der Waals surface area contributed by atoms with E-state index in [0.29, 0.717) is 12.0 Å². The molecule has 1 saturated heterocycles. The van der Waals surface area contributed by atoms with Gasteiger partial charge in [-0.2, -0.15) is 0 Å². The first kappa shape index (κ1) is 20.9. The maximum absolute atomic E-state index is 5.58. The van der Waals surface area contributed by atoms with Gasteiger partial charge in [0.15, 0.2) is 5.96 Å². The summed E-state index contributed by atoms with van der Waals surface area (Å²) in [5, 5.41) is 6.59. The molecule has 2 N–H and O–H groups in total. The third-order valence-electron chi connectivity index (χ3n) is 3.03. The Kier molecular flexibility index (Phi) is 13.5. The topological polar surface area (TPSA) is 54.9 Å². The van der Waals surface area contributed by atoms with Crippen molar-refractivity contribution in [1.82, 2.24) is 10.6 Å². The summed E-state index contributed by atoms with van der Waals surface area (Å²) < 4.78 is 11.1. The van der Waals surface area contributed by atoms with Gasteiger partial charge in [0.05, 0.1) is 12.6 Å². The van der Waals surface area contributed by atoms with Crippen molar-refractivity contribution in [3.05, 3.63) is 0 Å². The molecular weight excluding hydrogens is 381 g/mol. The van der Waals surface area contributed by atoms with Crippen LogP contribution in [-0.4, -0.2) is 51.5 Å². The fraction of sp³-hybridized carbons (Fsp3) is 0.933. The molecule has 0 radical (unpaired) electrons. The molecule has 21 heavy (non-hydrogen) atoms. The molecule has 1 rings (SSSR count). The molecule has 1 heterocycles. The highest BCUT2D eigenvalue weighted by Gasteiger charge is 2.14. The Labute approximate surface area is 146 Å². The standard InChI is InChI=1S/C15H31N3O2.HI/c1-4-16-15(18-11-14-7-5-10-20-14)17-8-6-9-19-12-13(2)3;/h13-14H,4-12H2,1-3H3,(H2,16,17,18);1H. The molecule has 1 aliphatic heterocycles. The second kappa shape index (κ2) is 13.6. The molecule has 0 aromatic heterocycles. The first-order chi connectivity index (χ1) is 9.72. The van der Waals surface area contributed by atoms with Gasteiger partial charge in [-0.3, -0.25) is 4.99 Å². The van der Waals surface area contributed by atoms with Crippen LogP contribution in [0.4, 0.5) is 0 Å². The minimum absolute atomic E-state index is 0. The van der Waals surface area contributed by atoms with E-state index in [4.69, 9.17) is 9.47 Å². The molecule has 6 heteroatoms. The number of rotatable bonds is 9. The number of nitrogens with one attached hydrogen (secondary N) is 2. The quantitative estimate of drug-likeness (QED) is 0.264. The van der Waals surface area contributed by atoms with Gasteiger partial charge in [0.1, 0.15) is 0 Å². The molecule has 0 aromatic rings. The number of guanidine groups is 1. The Balaban J connectivity index is 0.00000400. The highest BCUT2D eigenvalue weighted by Crippen LogP contribution is 2.11. The fourth-order valence-corrected chi connectivity index (χ4v) is 2.02. The van der Waals surface area contributed by atoms with Gasteiger partial charge in [-0.1, -0.05) is 13.8 Å². The molecule has 0 bridgehead atoms. The van der Waals surface area contributed by atoms with Crippen LogP contribution in [-0.2, 0) is 9.47 Å². The number of nitrogens with zero attached hydrogens (tertiary/aromatic N) is 1. The number of hydrogen-bond donors (Lipinski definition) is 2. The third-order valence-corrected chi connectivity index (χ3v) is 3.03. The molecule has 1 aliphatic rings. The zero-order chi connectivity index (χ0) is 14.6. The summed E-state index contributed by atoms with van der Waals surface area (Å²) in [5.41, 5.74) is 0. The molecule has 0 saturated carbocycles. The third kappa shape index (κ3) is 11.2. The van der Waals surface area contributed by atoms with Crippen LogP contribution in [0.1, 0.15) is 40.0 Å². The molecule has 126 valence electrons. The lowest BCUT2D eigenvalue weighted by molar-refractivity contribution is 0.108. The Hall–Kier alpha value is -0.0800. The van der Waals surface area contributed by atoms with Crippen molar-refractivity contribution in [1.29, 1.82) is 0 Å². The van der Waals surface area contributed by atoms with Crippen molar-refractivity contribution >= 4 is 29.9 Å². The molecule has 0 aliphatic carbocycles. The van der Waals surface area contributed by atoms with Crippen LogP contribution in [0.3, 0.4) is 0 Å². The molecule has 1 fully saturated rings. The summed E-state index contributed by atoms with van der Waals surface area (Å²) in [6.07, 6.45) is 3.60. The van der Waals surface area contributed by atoms with Crippen molar-refractivity contribution in [3.63, 3.8) is 0 Å². The van der Waals surface area contributed by atoms with Crippen LogP contribution in [0.25, 0.3) is 0 Å². The van der Waals surface area contributed by atoms with E-state index in [1.54, 1.807) is 0 Å². The van der Waals surface area contributed by atoms with Crippen molar-refractivity contribution < 1.29 is 9.47 Å². The summed E-state index contributed by atoms with van der Waals surface area (Å²) in [6.45, 7) is 11.4. The molecule has 1 unspecified atom stereocenters. The van der Waals surface area contributed by atoms with Gasteiger partial charge in [-0.15, -0.1) is 24.0 Å². The number of halogens is 1. The zero-order valence-electron chi connectivity index (χ0n) is 13.7. The number of hydrogen-bond acceptors (Lipinski definition) is 3. The summed E-state index contributed by atoms with van der Waals surface area (Å²) >= 11 is 0. The average molecular weight is 413 g/mol. The largest absolute Gasteiger partial charge is 0.381 e. The second-order valence-electron chi connectivity index (χ2n) is 5.60. The van der Waals surface area contributed by atoms with Crippen LogP contribution in [0.5, 0.6) is 0 Å². The van der Waals surface area contributed by atoms with E-state index in [0.717, 1.165) is 64.7 Å². The molecule has 0 aromatic carbocycles. The van der Waals surface area contributed by atoms with E-state index in [1.165, 1.54) is 0 Å². The van der Waals surface area contributed by atoms with Gasteiger partial charge in [0.2, 0.25) is 0 Å². The van der Waals surface area contributed by atoms with Crippen LogP contribution in [0.15, 0.2) is 4.99 Å². The molecule has 0 amide bonds. The molecule has 5 nitrogen and oxygen atoms in total. The minimum atomic E-state index is 0. The molecular formula is C15H32IN3O2. The Morgan fingerprint density at radius 1 is 1.38 bits per heavy atom. The lowest BCUT2D eigenvalue weighted by atomic mass is 10.2. The summed E-state index contributed by atoms with van der Waals surface area (Å²) in [6, 6.07) is 0. The van der Waals surface area contributed by atoms with E-state index in [-0.39, 0.29) is 24.0 Å². The van der Waals surface area contributed by atoms with Crippen molar-refractivity contribution in [3.8, 4) is 0 Å². The van der Waals surface area contributed by atoms with Crippen LogP contribution in [0, 0.1) is 5.92 Å². The van der Waals surface area contributed by atoms with E-state index < -0.39 is 0 Å². The Morgan fingerprint density at radius 2 is 2.19 bits per heavy atom. The SMILES string of the molecule is CCNC(=NCC1CCCO1)NCCCOCC(C)C.I. The Bertz CT molecular complexity index is 270. The van der Waals surface area contributed by atoms with Gasteiger partial charge in [-0.05, 0) is 32.1 Å². The second-order valence-corrected chi connectivity index (χ2v) is 5.60. The minimum Gasteiger partial charge on any atom is -0.381 e. The van der Waals surface area contributed by atoms with E-state index in [9.17, 15) is 0 Å². The predicted molar refractivity (Wildman–Crippen MR) is 98.6 cm³/mol. The number of ether oxygens (including phenoxy) is 2. The maximum Gasteiger partial charge on any atom is 0.191 e. The highest BCUT2D eigenvalue weighted by atomic mass is 127. The van der Waals surface area contributed by atoms with Crippen LogP contribution >= 0.6 is 24.0 Å². The van der Waals surface area contributed by atoms with Crippen LogP contribution < -0.4 is 10.6 Å². The average Bonchev–Trinajstić information content (AvgIpc) is 2.92. The van der Waals surface area contributed by atoms with E-state index >= 15 is 0 Å². The molecule has 0 spiro atoms.